The van der Waals surface area contributed by atoms with Gasteiger partial charge in [0.2, 0.25) is 0 Å². The topological polar surface area (TPSA) is 245 Å². The van der Waals surface area contributed by atoms with Crippen LogP contribution in [0.3, 0.4) is 0 Å². The summed E-state index contributed by atoms with van der Waals surface area (Å²) in [5.74, 6) is 2.45. The van der Waals surface area contributed by atoms with Crippen molar-refractivity contribution in [2.24, 2.45) is 28.2 Å². The summed E-state index contributed by atoms with van der Waals surface area (Å²) in [4.78, 5) is 25.6. The molecule has 0 amide bonds. The number of rotatable bonds is 3. The average molecular weight is 998 g/mol. The smallest absolute Gasteiger partial charge is 0.298 e. The molecule has 21 heteroatoms. The Balaban J connectivity index is 0.000000193. The van der Waals surface area contributed by atoms with Gasteiger partial charge in [0.25, 0.3) is 17.2 Å². The Morgan fingerprint density at radius 2 is 1.30 bits per heavy atom. The van der Waals surface area contributed by atoms with Gasteiger partial charge in [-0.2, -0.15) is 30.8 Å². The number of fused-ring (bicyclic) bond motifs is 1. The van der Waals surface area contributed by atoms with E-state index < -0.39 is 0 Å². The van der Waals surface area contributed by atoms with E-state index in [1.54, 1.807) is 40.6 Å². The van der Waals surface area contributed by atoms with Gasteiger partial charge in [-0.25, -0.2) is 14.8 Å². The number of nitriles is 1. The molecule has 0 aliphatic carbocycles. The molecule has 0 aliphatic heterocycles. The Morgan fingerprint density at radius 3 is 1.68 bits per heavy atom. The summed E-state index contributed by atoms with van der Waals surface area (Å²) in [5, 5.41) is 44.9. The molecule has 0 saturated heterocycles. The van der Waals surface area contributed by atoms with Crippen LogP contribution in [0.25, 0.3) is 43.2 Å². The molecule has 2 aromatic carbocycles. The minimum absolute atomic E-state index is 0.149. The number of aryl methyl sites for hydroxylation is 11. The molecular formula is C53H63N19O2. The first-order chi connectivity index (χ1) is 35.2. The second-order valence-electron chi connectivity index (χ2n) is 16.7. The summed E-state index contributed by atoms with van der Waals surface area (Å²) in [5.41, 5.74) is 14.8. The molecule has 0 bridgehead atoms. The van der Waals surface area contributed by atoms with Gasteiger partial charge in [0.15, 0.2) is 5.65 Å². The summed E-state index contributed by atoms with van der Waals surface area (Å²) < 4.78 is 12.0. The van der Waals surface area contributed by atoms with Crippen LogP contribution in [0.2, 0.25) is 0 Å². The monoisotopic (exact) mass is 998 g/mol. The van der Waals surface area contributed by atoms with Crippen LogP contribution in [0.15, 0.2) is 90.4 Å². The van der Waals surface area contributed by atoms with Gasteiger partial charge in [-0.15, -0.1) is 5.10 Å². The van der Waals surface area contributed by atoms with E-state index >= 15 is 0 Å². The maximum atomic E-state index is 12.1. The van der Waals surface area contributed by atoms with Crippen LogP contribution in [0.5, 0.6) is 5.75 Å². The summed E-state index contributed by atoms with van der Waals surface area (Å²) in [6.45, 7) is 32.8. The number of ether oxygens (including phenoxy) is 1. The maximum absolute atomic E-state index is 12.1. The Labute approximate surface area is 430 Å². The van der Waals surface area contributed by atoms with Crippen molar-refractivity contribution in [2.75, 3.05) is 7.11 Å². The third kappa shape index (κ3) is 15.4. The third-order valence-electron chi connectivity index (χ3n) is 11.6. The predicted molar refractivity (Wildman–Crippen MR) is 287 cm³/mol. The molecule has 0 saturated carbocycles. The van der Waals surface area contributed by atoms with Gasteiger partial charge >= 0.3 is 0 Å². The molecule has 10 aromatic rings. The van der Waals surface area contributed by atoms with Crippen molar-refractivity contribution in [2.45, 2.75) is 69.2 Å². The number of methoxy groups -OCH3 is 1. The van der Waals surface area contributed by atoms with Crippen molar-refractivity contribution in [3.05, 3.63) is 181 Å². The molecule has 0 radical (unpaired) electrons. The molecule has 4 N–H and O–H groups in total. The fourth-order valence-electron chi connectivity index (χ4n) is 6.31. The van der Waals surface area contributed by atoms with E-state index in [2.05, 4.69) is 84.5 Å². The quantitative estimate of drug-likeness (QED) is 0.121. The number of H-pyrrole nitrogens is 4. The highest BCUT2D eigenvalue weighted by atomic mass is 16.5. The lowest BCUT2D eigenvalue weighted by molar-refractivity contribution is 0.415. The van der Waals surface area contributed by atoms with Gasteiger partial charge < -0.3 is 19.4 Å². The number of hydrogen-bond donors (Lipinski definition) is 4. The third-order valence-corrected chi connectivity index (χ3v) is 11.6. The van der Waals surface area contributed by atoms with Gasteiger partial charge in [0, 0.05) is 62.6 Å². The summed E-state index contributed by atoms with van der Waals surface area (Å²) in [6, 6.07) is 19.6. The Morgan fingerprint density at radius 1 is 0.662 bits per heavy atom. The second kappa shape index (κ2) is 27.1. The molecule has 0 fully saturated rings. The number of aromatic amines is 4. The molecule has 0 unspecified atom stereocenters. The zero-order chi connectivity index (χ0) is 54.6. The first kappa shape index (κ1) is 56.9. The fourth-order valence-corrected chi connectivity index (χ4v) is 6.31. The van der Waals surface area contributed by atoms with Crippen molar-refractivity contribution in [1.29, 1.82) is 5.26 Å². The molecule has 8 heterocycles. The molecule has 382 valence electrons. The van der Waals surface area contributed by atoms with Crippen LogP contribution in [-0.4, -0.2) is 86.8 Å². The number of benzene rings is 2. The first-order valence-corrected chi connectivity index (χ1v) is 22.9. The van der Waals surface area contributed by atoms with Gasteiger partial charge in [0.05, 0.1) is 54.5 Å². The molecule has 74 heavy (non-hydrogen) atoms. The van der Waals surface area contributed by atoms with Crippen LogP contribution in [-0.2, 0) is 28.2 Å². The minimum Gasteiger partial charge on any atom is -0.497 e. The highest BCUT2D eigenvalue weighted by Crippen LogP contribution is 2.25. The molecular weight excluding hydrogens is 935 g/mol. The highest BCUT2D eigenvalue weighted by Gasteiger charge is 2.13. The van der Waals surface area contributed by atoms with Crippen molar-refractivity contribution in [1.82, 2.24) is 79.7 Å². The summed E-state index contributed by atoms with van der Waals surface area (Å²) in [6.07, 6.45) is 8.72. The zero-order valence-electron chi connectivity index (χ0n) is 44.6. The fraction of sp³-hybridized carbons (Fsp3) is 0.283. The van der Waals surface area contributed by atoms with E-state index in [4.69, 9.17) is 23.1 Å². The number of nitrogens with zero attached hydrogens (tertiary/aromatic N) is 15. The predicted octanol–water partition coefficient (Wildman–Crippen LogP) is 9.55. The van der Waals surface area contributed by atoms with Crippen LogP contribution in [0, 0.1) is 93.7 Å². The van der Waals surface area contributed by atoms with E-state index in [9.17, 15) is 4.79 Å². The van der Waals surface area contributed by atoms with E-state index in [-0.39, 0.29) is 5.56 Å². The largest absolute Gasteiger partial charge is 0.497 e. The van der Waals surface area contributed by atoms with Crippen LogP contribution < -0.4 is 10.3 Å². The van der Waals surface area contributed by atoms with Gasteiger partial charge in [0.1, 0.15) is 23.0 Å². The Hall–Kier alpha value is -9.68. The lowest BCUT2D eigenvalue weighted by atomic mass is 10.1. The van der Waals surface area contributed by atoms with Gasteiger partial charge in [-0.1, -0.05) is 55.6 Å². The molecule has 8 aromatic heterocycles. The normalized spacial score (nSPS) is 9.84. The number of nitrogens with one attached hydrogen (secondary N) is 4. The van der Waals surface area contributed by atoms with E-state index in [1.165, 1.54) is 33.6 Å². The van der Waals surface area contributed by atoms with Crippen molar-refractivity contribution in [3.8, 4) is 34.3 Å². The summed E-state index contributed by atoms with van der Waals surface area (Å²) >= 11 is 0. The highest BCUT2D eigenvalue weighted by molar-refractivity contribution is 5.78. The number of hydrogen-bond acceptors (Lipinski definition) is 11. The lowest BCUT2D eigenvalue weighted by Crippen LogP contribution is -2.09. The van der Waals surface area contributed by atoms with Crippen molar-refractivity contribution >= 4 is 22.7 Å². The van der Waals surface area contributed by atoms with Gasteiger partial charge in [-0.3, -0.25) is 29.0 Å². The van der Waals surface area contributed by atoms with E-state index in [0.717, 1.165) is 45.2 Å². The zero-order valence-corrected chi connectivity index (χ0v) is 44.6. The molecule has 0 spiro atoms. The second-order valence-corrected chi connectivity index (χ2v) is 16.7. The Kier molecular flexibility index (Phi) is 20.8. The van der Waals surface area contributed by atoms with Crippen LogP contribution in [0.4, 0.5) is 11.6 Å². The molecule has 0 atom stereocenters. The number of aromatic nitrogens is 16. The van der Waals surface area contributed by atoms with Gasteiger partial charge in [-0.05, 0) is 114 Å². The lowest BCUT2D eigenvalue weighted by Gasteiger charge is -2.03. The van der Waals surface area contributed by atoms with Crippen molar-refractivity contribution < 1.29 is 4.74 Å². The standard InChI is InChI=1S/C13H12N4O.C12H14N2O.2C6H7N3.C6H10N2.C5H5N3.C5H8N2/c1-8-10-12(16-17(8)2)14-11(15-13(10)18)9-6-4-3-5-7-9;1-9-12(8-13-14(9)2)10-4-6-11(15-3)7-5-10;1-5-6(3-7)4-8-9(5)2;1-5-4-9(3)8-6(5)7-2;1-4-5(2)7-8-6(4)3;1-4-3-7-8-5(4)6-2;1-4-3-6-7-5(4)2/h3-7H,1-2H3,(H,14,15,16,18);4-8H,1-3H3;4H,1-2H3;4H,1,3H3;1-3H3,(H,7,8);3H,1H3,(H,7,8);3H,1-2H3,(H,6,7). The molecule has 21 nitrogen and oxygen atoms in total. The minimum atomic E-state index is -0.149. The molecule has 10 rings (SSSR count). The van der Waals surface area contributed by atoms with E-state index in [0.29, 0.717) is 34.1 Å². The maximum Gasteiger partial charge on any atom is 0.298 e. The Bertz CT molecular complexity index is 3510. The first-order valence-electron chi connectivity index (χ1n) is 22.9. The SMILES string of the molecule is COc1ccc(-c2cnn(C)c2C)cc1.Cc1c(C#N)cnn1C.Cc1c2c(=O)[nH]c(-c3ccccc3)nc2nn1C.Cc1cn[nH]c1C.Cc1n[nH]c(C)c1C.[C-]#[N+]c1[nH]ncc1C.[C-]#[N+]c1nn(C)cc1C. The van der Waals surface area contributed by atoms with E-state index in [1.807, 2.05) is 160 Å². The average Bonchev–Trinajstić information content (AvgIpc) is 4.30. The van der Waals surface area contributed by atoms with Crippen molar-refractivity contribution in [3.63, 3.8) is 0 Å². The van der Waals surface area contributed by atoms with Crippen LogP contribution in [0.1, 0.15) is 62.0 Å². The molecule has 0 aliphatic rings. The van der Waals surface area contributed by atoms with Crippen LogP contribution >= 0.6 is 0 Å². The summed E-state index contributed by atoms with van der Waals surface area (Å²) in [7, 11) is 9.04.